The van der Waals surface area contributed by atoms with E-state index in [9.17, 15) is 8.42 Å². The number of piperazine rings is 1. The summed E-state index contributed by atoms with van der Waals surface area (Å²) in [6.45, 7) is 4.46. The fraction of sp³-hybridized carbons (Fsp3) is 0.571. The SMILES string of the molecule is Cc1cc(Cl)c(N)cc1S(=O)(=O)N1CCN(C2CC2)CC1. The Labute approximate surface area is 130 Å². The molecule has 2 N–H and O–H groups in total. The normalized spacial score (nSPS) is 21.6. The third kappa shape index (κ3) is 2.90. The number of hydrogen-bond donors (Lipinski definition) is 1. The van der Waals surface area contributed by atoms with Crippen LogP contribution in [0.3, 0.4) is 0 Å². The van der Waals surface area contributed by atoms with Crippen molar-refractivity contribution in [2.75, 3.05) is 31.9 Å². The highest BCUT2D eigenvalue weighted by Gasteiger charge is 2.35. The lowest BCUT2D eigenvalue weighted by atomic mass is 10.2. The maximum absolute atomic E-state index is 12.8. The summed E-state index contributed by atoms with van der Waals surface area (Å²) in [7, 11) is -3.49. The monoisotopic (exact) mass is 329 g/mol. The predicted octanol–water partition coefficient (Wildman–Crippen LogP) is 1.70. The number of nitrogens with two attached hydrogens (primary N) is 1. The molecule has 7 heteroatoms. The van der Waals surface area contributed by atoms with Crippen molar-refractivity contribution in [1.29, 1.82) is 0 Å². The Hall–Kier alpha value is -0.820. The Morgan fingerprint density at radius 1 is 1.19 bits per heavy atom. The van der Waals surface area contributed by atoms with Crippen LogP contribution in [0.1, 0.15) is 18.4 Å². The van der Waals surface area contributed by atoms with Gasteiger partial charge in [-0.05, 0) is 37.5 Å². The third-order valence-electron chi connectivity index (χ3n) is 4.25. The van der Waals surface area contributed by atoms with Gasteiger partial charge in [-0.15, -0.1) is 0 Å². The lowest BCUT2D eigenvalue weighted by Crippen LogP contribution is -2.49. The van der Waals surface area contributed by atoms with Crippen molar-refractivity contribution in [3.63, 3.8) is 0 Å². The summed E-state index contributed by atoms with van der Waals surface area (Å²) in [5, 5.41) is 0.394. The fourth-order valence-corrected chi connectivity index (χ4v) is 4.72. The van der Waals surface area contributed by atoms with Crippen molar-refractivity contribution in [3.05, 3.63) is 22.7 Å². The Morgan fingerprint density at radius 3 is 2.38 bits per heavy atom. The fourth-order valence-electron chi connectivity index (χ4n) is 2.83. The molecule has 1 heterocycles. The van der Waals surface area contributed by atoms with E-state index in [2.05, 4.69) is 4.90 Å². The molecule has 2 fully saturated rings. The predicted molar refractivity (Wildman–Crippen MR) is 84.0 cm³/mol. The second kappa shape index (κ2) is 5.43. The van der Waals surface area contributed by atoms with Crippen molar-refractivity contribution >= 4 is 27.3 Å². The van der Waals surface area contributed by atoms with Crippen LogP contribution in [-0.2, 0) is 10.0 Å². The average Bonchev–Trinajstić information content (AvgIpc) is 3.27. The number of hydrogen-bond acceptors (Lipinski definition) is 4. The summed E-state index contributed by atoms with van der Waals surface area (Å²) in [5.41, 5.74) is 6.70. The summed E-state index contributed by atoms with van der Waals surface area (Å²) >= 11 is 5.94. The van der Waals surface area contributed by atoms with Crippen LogP contribution in [-0.4, -0.2) is 49.8 Å². The molecule has 1 aliphatic heterocycles. The maximum atomic E-state index is 12.8. The van der Waals surface area contributed by atoms with Crippen LogP contribution in [0.4, 0.5) is 5.69 Å². The molecule has 0 aromatic heterocycles. The number of benzene rings is 1. The molecule has 5 nitrogen and oxygen atoms in total. The number of halogens is 1. The molecule has 1 saturated heterocycles. The topological polar surface area (TPSA) is 66.6 Å². The van der Waals surface area contributed by atoms with E-state index in [4.69, 9.17) is 17.3 Å². The first-order valence-electron chi connectivity index (χ1n) is 7.19. The standard InChI is InChI=1S/C14H20ClN3O2S/c1-10-8-12(15)13(16)9-14(10)21(19,20)18-6-4-17(5-7-18)11-2-3-11/h8-9,11H,2-7,16H2,1H3. The number of rotatable bonds is 3. The molecule has 21 heavy (non-hydrogen) atoms. The number of aryl methyl sites for hydroxylation is 1. The highest BCUT2D eigenvalue weighted by molar-refractivity contribution is 7.89. The van der Waals surface area contributed by atoms with E-state index in [1.54, 1.807) is 17.3 Å². The summed E-state index contributed by atoms with van der Waals surface area (Å²) in [4.78, 5) is 2.65. The molecule has 0 bridgehead atoms. The quantitative estimate of drug-likeness (QED) is 0.857. The van der Waals surface area contributed by atoms with Gasteiger partial charge in [0, 0.05) is 32.2 Å². The van der Waals surface area contributed by atoms with E-state index in [0.29, 0.717) is 35.4 Å². The van der Waals surface area contributed by atoms with Crippen LogP contribution >= 0.6 is 11.6 Å². The van der Waals surface area contributed by atoms with E-state index in [0.717, 1.165) is 13.1 Å². The van der Waals surface area contributed by atoms with Crippen LogP contribution in [0.25, 0.3) is 0 Å². The Morgan fingerprint density at radius 2 is 1.81 bits per heavy atom. The van der Waals surface area contributed by atoms with Crippen molar-refractivity contribution in [2.24, 2.45) is 0 Å². The minimum atomic E-state index is -3.49. The lowest BCUT2D eigenvalue weighted by molar-refractivity contribution is 0.180. The van der Waals surface area contributed by atoms with Crippen LogP contribution in [0, 0.1) is 6.92 Å². The molecule has 116 valence electrons. The van der Waals surface area contributed by atoms with Gasteiger partial charge in [-0.3, -0.25) is 4.90 Å². The molecule has 3 rings (SSSR count). The number of sulfonamides is 1. The van der Waals surface area contributed by atoms with Gasteiger partial charge in [0.1, 0.15) is 0 Å². The molecule has 1 aromatic carbocycles. The highest BCUT2D eigenvalue weighted by Crippen LogP contribution is 2.31. The number of nitrogen functional groups attached to an aromatic ring is 1. The number of nitrogens with zero attached hydrogens (tertiary/aromatic N) is 2. The van der Waals surface area contributed by atoms with E-state index in [-0.39, 0.29) is 4.90 Å². The van der Waals surface area contributed by atoms with Crippen molar-refractivity contribution in [2.45, 2.75) is 30.7 Å². The second-order valence-electron chi connectivity index (χ2n) is 5.81. The minimum absolute atomic E-state index is 0.268. The van der Waals surface area contributed by atoms with Gasteiger partial charge in [0.05, 0.1) is 15.6 Å². The van der Waals surface area contributed by atoms with Gasteiger partial charge in [-0.25, -0.2) is 8.42 Å². The first-order valence-corrected chi connectivity index (χ1v) is 9.01. The van der Waals surface area contributed by atoms with E-state index in [1.807, 2.05) is 0 Å². The molecule has 0 radical (unpaired) electrons. The maximum Gasteiger partial charge on any atom is 0.243 e. The first-order chi connectivity index (χ1) is 9.89. The van der Waals surface area contributed by atoms with Gasteiger partial charge in [-0.2, -0.15) is 4.31 Å². The van der Waals surface area contributed by atoms with Crippen LogP contribution in [0.5, 0.6) is 0 Å². The van der Waals surface area contributed by atoms with Crippen LogP contribution < -0.4 is 5.73 Å². The van der Waals surface area contributed by atoms with Gasteiger partial charge in [0.15, 0.2) is 0 Å². The van der Waals surface area contributed by atoms with E-state index >= 15 is 0 Å². The molecule has 1 aliphatic carbocycles. The van der Waals surface area contributed by atoms with E-state index < -0.39 is 10.0 Å². The zero-order chi connectivity index (χ0) is 15.2. The smallest absolute Gasteiger partial charge is 0.243 e. The lowest BCUT2D eigenvalue weighted by Gasteiger charge is -2.34. The zero-order valence-electron chi connectivity index (χ0n) is 12.0. The summed E-state index contributed by atoms with van der Waals surface area (Å²) < 4.78 is 27.1. The van der Waals surface area contributed by atoms with Gasteiger partial charge in [0.25, 0.3) is 0 Å². The molecule has 0 spiro atoms. The average molecular weight is 330 g/mol. The molecule has 1 aromatic rings. The number of anilines is 1. The molecule has 0 atom stereocenters. The van der Waals surface area contributed by atoms with Gasteiger partial charge in [-0.1, -0.05) is 11.6 Å². The Kier molecular flexibility index (Phi) is 3.90. The Balaban J connectivity index is 1.82. The van der Waals surface area contributed by atoms with Crippen LogP contribution in [0.15, 0.2) is 17.0 Å². The molecule has 1 saturated carbocycles. The molecular weight excluding hydrogens is 310 g/mol. The zero-order valence-corrected chi connectivity index (χ0v) is 13.6. The highest BCUT2D eigenvalue weighted by atomic mass is 35.5. The summed E-state index contributed by atoms with van der Waals surface area (Å²) in [6, 6.07) is 3.77. The third-order valence-corrected chi connectivity index (χ3v) is 6.62. The minimum Gasteiger partial charge on any atom is -0.397 e. The van der Waals surface area contributed by atoms with Gasteiger partial charge in [0.2, 0.25) is 10.0 Å². The first kappa shape index (κ1) is 15.1. The van der Waals surface area contributed by atoms with Gasteiger partial charge >= 0.3 is 0 Å². The molecule has 2 aliphatic rings. The molecule has 0 unspecified atom stereocenters. The Bertz CT molecular complexity index is 650. The van der Waals surface area contributed by atoms with Crippen molar-refractivity contribution < 1.29 is 8.42 Å². The molecule has 0 amide bonds. The largest absolute Gasteiger partial charge is 0.397 e. The van der Waals surface area contributed by atoms with Gasteiger partial charge < -0.3 is 5.73 Å². The van der Waals surface area contributed by atoms with Crippen molar-refractivity contribution in [1.82, 2.24) is 9.21 Å². The van der Waals surface area contributed by atoms with Crippen LogP contribution in [0.2, 0.25) is 5.02 Å². The summed E-state index contributed by atoms with van der Waals surface area (Å²) in [6.07, 6.45) is 2.50. The molecular formula is C14H20ClN3O2S. The second-order valence-corrected chi connectivity index (χ2v) is 8.12. The van der Waals surface area contributed by atoms with Crippen molar-refractivity contribution in [3.8, 4) is 0 Å². The van der Waals surface area contributed by atoms with E-state index in [1.165, 1.54) is 18.9 Å². The summed E-state index contributed by atoms with van der Waals surface area (Å²) in [5.74, 6) is 0.